The first-order valence-corrected chi connectivity index (χ1v) is 4.97. The van der Waals surface area contributed by atoms with Crippen LogP contribution in [0.25, 0.3) is 0 Å². The molecular weight excluding hydrogens is 214 g/mol. The molecule has 1 N–H and O–H groups in total. The number of ether oxygens (including phenoxy) is 2. The van der Waals surface area contributed by atoms with Gasteiger partial charge in [0.1, 0.15) is 5.60 Å². The molecule has 1 aliphatic heterocycles. The van der Waals surface area contributed by atoms with Gasteiger partial charge in [-0.05, 0) is 20.8 Å². The Morgan fingerprint density at radius 3 is 2.19 bits per heavy atom. The number of hydrogen-bond donors (Lipinski definition) is 1. The fourth-order valence-corrected chi connectivity index (χ4v) is 1.36. The number of amides is 1. The van der Waals surface area contributed by atoms with E-state index in [0.29, 0.717) is 0 Å². The van der Waals surface area contributed by atoms with Gasteiger partial charge in [-0.15, -0.1) is 0 Å². The molecule has 92 valence electrons. The highest BCUT2D eigenvalue weighted by Gasteiger charge is 2.51. The van der Waals surface area contributed by atoms with Crippen LogP contribution in [0.15, 0.2) is 0 Å². The van der Waals surface area contributed by atoms with Crippen molar-refractivity contribution in [2.45, 2.75) is 32.0 Å². The van der Waals surface area contributed by atoms with E-state index < -0.39 is 23.3 Å². The molecule has 1 aliphatic rings. The van der Waals surface area contributed by atoms with Crippen LogP contribution in [0.5, 0.6) is 0 Å². The summed E-state index contributed by atoms with van der Waals surface area (Å²) in [6.45, 7) is 5.06. The van der Waals surface area contributed by atoms with Gasteiger partial charge in [-0.25, -0.2) is 9.59 Å². The number of likely N-dealkylation sites (tertiary alicyclic amines) is 1. The van der Waals surface area contributed by atoms with Crippen LogP contribution in [0.3, 0.4) is 0 Å². The summed E-state index contributed by atoms with van der Waals surface area (Å²) in [5, 5.41) is 9.67. The maximum absolute atomic E-state index is 11.5. The monoisotopic (exact) mass is 231 g/mol. The minimum atomic E-state index is -1.58. The normalized spacial score (nSPS) is 18.7. The maximum atomic E-state index is 11.5. The molecule has 1 amide bonds. The van der Waals surface area contributed by atoms with Gasteiger partial charge in [-0.2, -0.15) is 0 Å². The van der Waals surface area contributed by atoms with Crippen LogP contribution in [0.4, 0.5) is 4.79 Å². The predicted octanol–water partition coefficient (Wildman–Crippen LogP) is 0.141. The summed E-state index contributed by atoms with van der Waals surface area (Å²) >= 11 is 0. The highest BCUT2D eigenvalue weighted by Crippen LogP contribution is 2.24. The summed E-state index contributed by atoms with van der Waals surface area (Å²) in [4.78, 5) is 23.9. The van der Waals surface area contributed by atoms with Gasteiger partial charge in [0.15, 0.2) is 5.60 Å². The summed E-state index contributed by atoms with van der Waals surface area (Å²) in [6, 6.07) is 0. The van der Waals surface area contributed by atoms with Gasteiger partial charge in [0, 0.05) is 0 Å². The van der Waals surface area contributed by atoms with Crippen LogP contribution in [0.1, 0.15) is 20.8 Å². The van der Waals surface area contributed by atoms with Crippen molar-refractivity contribution in [1.82, 2.24) is 4.90 Å². The molecule has 6 heteroatoms. The Bertz CT molecular complexity index is 301. The lowest BCUT2D eigenvalue weighted by molar-refractivity contribution is -0.179. The zero-order valence-corrected chi connectivity index (χ0v) is 9.94. The van der Waals surface area contributed by atoms with Gasteiger partial charge >= 0.3 is 12.1 Å². The summed E-state index contributed by atoms with van der Waals surface area (Å²) in [7, 11) is 1.19. The van der Waals surface area contributed by atoms with Crippen LogP contribution in [-0.4, -0.2) is 53.5 Å². The Labute approximate surface area is 94.1 Å². The smallest absolute Gasteiger partial charge is 0.410 e. The molecular formula is C10H17NO5. The number of β-amino-alcohol motifs (C(OH)–C–C–N with tert-alkyl or cyclic N) is 1. The molecule has 1 fully saturated rings. The number of esters is 1. The Morgan fingerprint density at radius 1 is 1.31 bits per heavy atom. The number of hydrogen-bond acceptors (Lipinski definition) is 5. The van der Waals surface area contributed by atoms with Crippen LogP contribution in [0, 0.1) is 0 Å². The van der Waals surface area contributed by atoms with E-state index >= 15 is 0 Å². The number of nitrogens with zero attached hydrogens (tertiary/aromatic N) is 1. The Morgan fingerprint density at radius 2 is 1.81 bits per heavy atom. The number of rotatable bonds is 1. The molecule has 0 aromatic heterocycles. The fraction of sp³-hybridized carbons (Fsp3) is 0.800. The van der Waals surface area contributed by atoms with Crippen molar-refractivity contribution in [3.05, 3.63) is 0 Å². The molecule has 6 nitrogen and oxygen atoms in total. The Kier molecular flexibility index (Phi) is 3.14. The quantitative estimate of drug-likeness (QED) is 0.650. The molecule has 0 aliphatic carbocycles. The minimum absolute atomic E-state index is 0.0887. The second-order valence-corrected chi connectivity index (χ2v) is 4.86. The van der Waals surface area contributed by atoms with Crippen molar-refractivity contribution in [2.75, 3.05) is 20.2 Å². The first kappa shape index (κ1) is 12.8. The van der Waals surface area contributed by atoms with Crippen molar-refractivity contribution in [1.29, 1.82) is 0 Å². The summed E-state index contributed by atoms with van der Waals surface area (Å²) in [5.41, 5.74) is -2.16. The Balaban J connectivity index is 2.47. The molecule has 0 radical (unpaired) electrons. The lowest BCUT2D eigenvalue weighted by atomic mass is 9.95. The average molecular weight is 231 g/mol. The van der Waals surface area contributed by atoms with Crippen LogP contribution < -0.4 is 0 Å². The highest BCUT2D eigenvalue weighted by molar-refractivity contribution is 5.84. The summed E-state index contributed by atoms with van der Waals surface area (Å²) < 4.78 is 9.49. The lowest BCUT2D eigenvalue weighted by Crippen LogP contribution is -2.68. The SMILES string of the molecule is COC(=O)C1(O)CN(C(=O)OC(C)(C)C)C1. The molecule has 0 spiro atoms. The first-order chi connectivity index (χ1) is 7.18. The third-order valence-electron chi connectivity index (χ3n) is 2.12. The third kappa shape index (κ3) is 2.63. The first-order valence-electron chi connectivity index (χ1n) is 4.97. The number of carbonyl (C=O) groups is 2. The highest BCUT2D eigenvalue weighted by atomic mass is 16.6. The molecule has 0 saturated carbocycles. The molecule has 0 unspecified atom stereocenters. The Hall–Kier alpha value is -1.30. The molecule has 0 atom stereocenters. The lowest BCUT2D eigenvalue weighted by Gasteiger charge is -2.43. The number of aliphatic hydroxyl groups is 1. The van der Waals surface area contributed by atoms with E-state index in [-0.39, 0.29) is 13.1 Å². The molecule has 1 saturated heterocycles. The molecule has 16 heavy (non-hydrogen) atoms. The van der Waals surface area contributed by atoms with Crippen molar-refractivity contribution in [3.8, 4) is 0 Å². The van der Waals surface area contributed by atoms with Gasteiger partial charge in [0.2, 0.25) is 0 Å². The largest absolute Gasteiger partial charge is 0.467 e. The fourth-order valence-electron chi connectivity index (χ4n) is 1.36. The standard InChI is InChI=1S/C10H17NO5/c1-9(2,3)16-8(13)11-5-10(14,6-11)7(12)15-4/h14H,5-6H2,1-4H3. The van der Waals surface area contributed by atoms with E-state index in [2.05, 4.69) is 4.74 Å². The van der Waals surface area contributed by atoms with Crippen molar-refractivity contribution >= 4 is 12.1 Å². The predicted molar refractivity (Wildman–Crippen MR) is 54.8 cm³/mol. The molecule has 1 heterocycles. The van der Waals surface area contributed by atoms with Gasteiger partial charge in [0.25, 0.3) is 0 Å². The molecule has 0 bridgehead atoms. The van der Waals surface area contributed by atoms with Gasteiger partial charge in [-0.1, -0.05) is 0 Å². The van der Waals surface area contributed by atoms with E-state index in [0.717, 1.165) is 0 Å². The van der Waals surface area contributed by atoms with E-state index in [4.69, 9.17) is 4.74 Å². The second kappa shape index (κ2) is 3.93. The number of carbonyl (C=O) groups excluding carboxylic acids is 2. The zero-order valence-electron chi connectivity index (χ0n) is 9.94. The van der Waals surface area contributed by atoms with Gasteiger partial charge in [0.05, 0.1) is 20.2 Å². The van der Waals surface area contributed by atoms with E-state index in [9.17, 15) is 14.7 Å². The number of methoxy groups -OCH3 is 1. The van der Waals surface area contributed by atoms with Crippen molar-refractivity contribution < 1.29 is 24.2 Å². The van der Waals surface area contributed by atoms with Crippen molar-refractivity contribution in [2.24, 2.45) is 0 Å². The second-order valence-electron chi connectivity index (χ2n) is 4.86. The third-order valence-corrected chi connectivity index (χ3v) is 2.12. The van der Waals surface area contributed by atoms with Crippen molar-refractivity contribution in [3.63, 3.8) is 0 Å². The van der Waals surface area contributed by atoms with Crippen LogP contribution >= 0.6 is 0 Å². The zero-order chi connectivity index (χ0) is 12.6. The average Bonchev–Trinajstić information content (AvgIpc) is 2.08. The maximum Gasteiger partial charge on any atom is 0.410 e. The van der Waals surface area contributed by atoms with Crippen LogP contribution in [-0.2, 0) is 14.3 Å². The molecule has 1 rings (SSSR count). The summed E-state index contributed by atoms with van der Waals surface area (Å²) in [5.74, 6) is -0.729. The van der Waals surface area contributed by atoms with E-state index in [1.807, 2.05) is 0 Å². The molecule has 0 aromatic rings. The van der Waals surface area contributed by atoms with E-state index in [1.165, 1.54) is 12.0 Å². The van der Waals surface area contributed by atoms with Gasteiger partial charge in [-0.3, -0.25) is 0 Å². The minimum Gasteiger partial charge on any atom is -0.467 e. The topological polar surface area (TPSA) is 76.1 Å². The summed E-state index contributed by atoms with van der Waals surface area (Å²) in [6.07, 6.45) is -0.541. The van der Waals surface area contributed by atoms with Gasteiger partial charge < -0.3 is 19.5 Å². The van der Waals surface area contributed by atoms with E-state index in [1.54, 1.807) is 20.8 Å². The van der Waals surface area contributed by atoms with Crippen LogP contribution in [0.2, 0.25) is 0 Å². The molecule has 0 aromatic carbocycles.